The maximum atomic E-state index is 12.4. The Hall–Kier alpha value is -2.01. The molecule has 2 bridgehead atoms. The Labute approximate surface area is 117 Å². The van der Waals surface area contributed by atoms with E-state index in [4.69, 9.17) is 4.74 Å². The zero-order valence-electron chi connectivity index (χ0n) is 11.6. The Bertz CT molecular complexity index is 706. The van der Waals surface area contributed by atoms with E-state index in [1.54, 1.807) is 7.11 Å². The van der Waals surface area contributed by atoms with Crippen LogP contribution in [-0.4, -0.2) is 48.1 Å². The second-order valence-corrected chi connectivity index (χ2v) is 5.67. The molecule has 1 aromatic heterocycles. The van der Waals surface area contributed by atoms with E-state index >= 15 is 0 Å². The molecular weight excluding hydrogens is 254 g/mol. The van der Waals surface area contributed by atoms with Crippen LogP contribution in [0.3, 0.4) is 0 Å². The van der Waals surface area contributed by atoms with E-state index in [2.05, 4.69) is 9.88 Å². The van der Waals surface area contributed by atoms with Crippen molar-refractivity contribution in [1.82, 2.24) is 14.8 Å². The zero-order chi connectivity index (χ0) is 13.9. The van der Waals surface area contributed by atoms with Crippen molar-refractivity contribution in [2.24, 2.45) is 0 Å². The fraction of sp³-hybridized carbons (Fsp3) is 0.400. The summed E-state index contributed by atoms with van der Waals surface area (Å²) in [7, 11) is 3.55. The lowest BCUT2D eigenvalue weighted by Crippen LogP contribution is -2.52. The average molecular weight is 271 g/mol. The third kappa shape index (κ3) is 1.50. The molecule has 1 saturated heterocycles. The van der Waals surface area contributed by atoms with Gasteiger partial charge >= 0.3 is 0 Å². The van der Waals surface area contributed by atoms with Crippen molar-refractivity contribution in [2.75, 3.05) is 27.4 Å². The van der Waals surface area contributed by atoms with E-state index in [1.165, 1.54) is 5.69 Å². The summed E-state index contributed by atoms with van der Waals surface area (Å²) in [6.45, 7) is 2.41. The zero-order valence-corrected chi connectivity index (χ0v) is 11.6. The first-order valence-electron chi connectivity index (χ1n) is 6.83. The highest BCUT2D eigenvalue weighted by Crippen LogP contribution is 2.38. The first kappa shape index (κ1) is 11.8. The lowest BCUT2D eigenvalue weighted by Gasteiger charge is -2.41. The van der Waals surface area contributed by atoms with Crippen molar-refractivity contribution in [3.05, 3.63) is 29.5 Å². The van der Waals surface area contributed by atoms with Gasteiger partial charge in [0.1, 0.15) is 5.75 Å². The number of H-pyrrole nitrogens is 1. The van der Waals surface area contributed by atoms with Crippen LogP contribution in [0.15, 0.2) is 18.2 Å². The molecule has 2 atom stereocenters. The third-order valence-electron chi connectivity index (χ3n) is 4.38. The Morgan fingerprint density at radius 3 is 3.05 bits per heavy atom. The van der Waals surface area contributed by atoms with Gasteiger partial charge in [-0.15, -0.1) is 0 Å². The second-order valence-electron chi connectivity index (χ2n) is 5.67. The van der Waals surface area contributed by atoms with Gasteiger partial charge < -0.3 is 14.6 Å². The number of aromatic nitrogens is 1. The van der Waals surface area contributed by atoms with E-state index in [0.29, 0.717) is 6.67 Å². The van der Waals surface area contributed by atoms with Gasteiger partial charge in [-0.1, -0.05) is 0 Å². The molecule has 3 heterocycles. The minimum absolute atomic E-state index is 0.0571. The van der Waals surface area contributed by atoms with Gasteiger partial charge in [0.15, 0.2) is 0 Å². The number of hydrogen-bond donors (Lipinski definition) is 1. The number of rotatable bonds is 1. The van der Waals surface area contributed by atoms with Crippen LogP contribution < -0.4 is 4.74 Å². The number of aromatic amines is 1. The number of carbonyl (C=O) groups excluding carboxylic acids is 1. The summed E-state index contributed by atoms with van der Waals surface area (Å²) in [6, 6.07) is 6.01. The molecule has 2 unspecified atom stereocenters. The number of nitrogens with zero attached hydrogens (tertiary/aromatic N) is 2. The van der Waals surface area contributed by atoms with Gasteiger partial charge in [-0.2, -0.15) is 0 Å². The molecule has 1 amide bonds. The fourth-order valence-electron chi connectivity index (χ4n) is 3.48. The van der Waals surface area contributed by atoms with Crippen LogP contribution in [0.4, 0.5) is 0 Å². The molecule has 1 N–H and O–H groups in total. The Morgan fingerprint density at radius 1 is 1.40 bits per heavy atom. The van der Waals surface area contributed by atoms with Crippen molar-refractivity contribution in [3.63, 3.8) is 0 Å². The Balaban J connectivity index is 1.94. The van der Waals surface area contributed by atoms with Crippen LogP contribution in [-0.2, 0) is 11.3 Å². The number of likely N-dealkylation sites (N-methyl/N-ethyl adjacent to an activating group) is 1. The molecule has 4 rings (SSSR count). The monoisotopic (exact) mass is 271 g/mol. The van der Waals surface area contributed by atoms with Crippen LogP contribution in [0.5, 0.6) is 5.75 Å². The normalized spacial score (nSPS) is 24.9. The molecule has 2 aliphatic rings. The number of hydrogen-bond acceptors (Lipinski definition) is 3. The minimum atomic E-state index is -0.0571. The quantitative estimate of drug-likeness (QED) is 0.855. The molecule has 0 aliphatic carbocycles. The summed E-state index contributed by atoms with van der Waals surface area (Å²) >= 11 is 0. The number of nitrogens with one attached hydrogen (secondary N) is 1. The molecule has 20 heavy (non-hydrogen) atoms. The van der Waals surface area contributed by atoms with Gasteiger partial charge in [-0.25, -0.2) is 0 Å². The van der Waals surface area contributed by atoms with Crippen molar-refractivity contribution in [3.8, 4) is 5.75 Å². The molecule has 5 nitrogen and oxygen atoms in total. The number of carbonyl (C=O) groups is 1. The van der Waals surface area contributed by atoms with E-state index in [-0.39, 0.29) is 11.8 Å². The molecule has 0 spiro atoms. The highest BCUT2D eigenvalue weighted by atomic mass is 16.5. The maximum Gasteiger partial charge on any atom is 0.232 e. The van der Waals surface area contributed by atoms with E-state index in [9.17, 15) is 4.79 Å². The van der Waals surface area contributed by atoms with E-state index in [1.807, 2.05) is 30.1 Å². The molecule has 2 aromatic rings. The van der Waals surface area contributed by atoms with Gasteiger partial charge in [0.05, 0.1) is 19.7 Å². The highest BCUT2D eigenvalue weighted by Gasteiger charge is 2.39. The number of fused-ring (bicyclic) bond motifs is 6. The molecule has 1 aromatic carbocycles. The minimum Gasteiger partial charge on any atom is -0.497 e. The first-order valence-corrected chi connectivity index (χ1v) is 6.83. The molecule has 1 fully saturated rings. The van der Waals surface area contributed by atoms with Gasteiger partial charge in [-0.3, -0.25) is 9.69 Å². The standard InChI is InChI=1S/C15H17N3O2/c1-17-8-18-6-11(15(17)19)14-10-5-9(20-2)3-4-12(10)16-13(14)7-18/h3-5,11,16H,6-8H2,1-2H3. The highest BCUT2D eigenvalue weighted by molar-refractivity contribution is 5.94. The van der Waals surface area contributed by atoms with Gasteiger partial charge in [-0.05, 0) is 23.8 Å². The maximum absolute atomic E-state index is 12.4. The van der Waals surface area contributed by atoms with Crippen LogP contribution in [0.1, 0.15) is 17.2 Å². The summed E-state index contributed by atoms with van der Waals surface area (Å²) < 4.78 is 5.32. The second kappa shape index (κ2) is 3.99. The molecule has 104 valence electrons. The lowest BCUT2D eigenvalue weighted by molar-refractivity contribution is -0.139. The summed E-state index contributed by atoms with van der Waals surface area (Å²) in [5.74, 6) is 0.989. The molecule has 0 saturated carbocycles. The molecule has 0 radical (unpaired) electrons. The van der Waals surface area contributed by atoms with E-state index < -0.39 is 0 Å². The fourth-order valence-corrected chi connectivity index (χ4v) is 3.48. The summed E-state index contributed by atoms with van der Waals surface area (Å²) in [6.07, 6.45) is 0. The number of benzene rings is 1. The molecule has 5 heteroatoms. The molecular formula is C15H17N3O2. The van der Waals surface area contributed by atoms with Crippen molar-refractivity contribution < 1.29 is 9.53 Å². The van der Waals surface area contributed by atoms with Crippen molar-refractivity contribution in [1.29, 1.82) is 0 Å². The van der Waals surface area contributed by atoms with Gasteiger partial charge in [0, 0.05) is 36.7 Å². The Kier molecular flexibility index (Phi) is 2.35. The smallest absolute Gasteiger partial charge is 0.232 e. The summed E-state index contributed by atoms with van der Waals surface area (Å²) in [4.78, 5) is 20.0. The number of ether oxygens (including phenoxy) is 1. The summed E-state index contributed by atoms with van der Waals surface area (Å²) in [5, 5.41) is 1.12. The van der Waals surface area contributed by atoms with Gasteiger partial charge in [0.2, 0.25) is 5.91 Å². The molecule has 2 aliphatic heterocycles. The van der Waals surface area contributed by atoms with Crippen LogP contribution >= 0.6 is 0 Å². The van der Waals surface area contributed by atoms with E-state index in [0.717, 1.165) is 35.3 Å². The lowest BCUT2D eigenvalue weighted by atomic mass is 9.89. The van der Waals surface area contributed by atoms with Gasteiger partial charge in [0.25, 0.3) is 0 Å². The third-order valence-corrected chi connectivity index (χ3v) is 4.38. The first-order chi connectivity index (χ1) is 9.67. The van der Waals surface area contributed by atoms with Crippen molar-refractivity contribution >= 4 is 16.8 Å². The SMILES string of the molecule is COc1ccc2[nH]c3c(c2c1)C1CN(C3)CN(C)C1=O. The van der Waals surface area contributed by atoms with Crippen molar-refractivity contribution in [2.45, 2.75) is 12.5 Å². The predicted molar refractivity (Wildman–Crippen MR) is 75.6 cm³/mol. The topological polar surface area (TPSA) is 48.6 Å². The average Bonchev–Trinajstić information content (AvgIpc) is 2.81. The largest absolute Gasteiger partial charge is 0.497 e. The number of methoxy groups -OCH3 is 1. The van der Waals surface area contributed by atoms with Crippen LogP contribution in [0.2, 0.25) is 0 Å². The number of amides is 1. The Morgan fingerprint density at radius 2 is 2.25 bits per heavy atom. The predicted octanol–water partition coefficient (Wildman–Crippen LogP) is 1.51. The van der Waals surface area contributed by atoms with Crippen LogP contribution in [0, 0.1) is 0 Å². The van der Waals surface area contributed by atoms with Crippen LogP contribution in [0.25, 0.3) is 10.9 Å². The summed E-state index contributed by atoms with van der Waals surface area (Å²) in [5.41, 5.74) is 3.41.